The quantitative estimate of drug-likeness (QED) is 0.797. The zero-order valence-corrected chi connectivity index (χ0v) is 11.6. The van der Waals surface area contributed by atoms with E-state index in [1.54, 1.807) is 4.90 Å². The van der Waals surface area contributed by atoms with E-state index in [1.165, 1.54) is 0 Å². The molecular formula is C15H21N3O. The Morgan fingerprint density at radius 2 is 2.21 bits per heavy atom. The summed E-state index contributed by atoms with van der Waals surface area (Å²) in [7, 11) is 0. The number of hydrogen-bond acceptors (Lipinski definition) is 3. The predicted molar refractivity (Wildman–Crippen MR) is 76.3 cm³/mol. The Balaban J connectivity index is 2.55. The summed E-state index contributed by atoms with van der Waals surface area (Å²) in [6.45, 7) is 4.44. The van der Waals surface area contributed by atoms with Gasteiger partial charge in [-0.3, -0.25) is 4.79 Å². The van der Waals surface area contributed by atoms with E-state index in [2.05, 4.69) is 6.07 Å². The lowest BCUT2D eigenvalue weighted by Crippen LogP contribution is -2.37. The van der Waals surface area contributed by atoms with Crippen molar-refractivity contribution in [2.75, 3.05) is 12.3 Å². The van der Waals surface area contributed by atoms with E-state index in [0.717, 1.165) is 11.3 Å². The molecule has 0 radical (unpaired) electrons. The molecule has 0 saturated heterocycles. The van der Waals surface area contributed by atoms with Crippen molar-refractivity contribution >= 4 is 11.6 Å². The smallest absolute Gasteiger partial charge is 0.223 e. The Labute approximate surface area is 114 Å². The predicted octanol–water partition coefficient (Wildman–Crippen LogP) is 2.35. The molecule has 0 atom stereocenters. The first-order valence-electron chi connectivity index (χ1n) is 6.55. The molecule has 0 fully saturated rings. The van der Waals surface area contributed by atoms with Crippen molar-refractivity contribution in [1.29, 1.82) is 5.26 Å². The highest BCUT2D eigenvalue weighted by atomic mass is 16.2. The van der Waals surface area contributed by atoms with Crippen LogP contribution in [0, 0.1) is 11.3 Å². The van der Waals surface area contributed by atoms with Crippen LogP contribution in [0.4, 0.5) is 5.69 Å². The van der Waals surface area contributed by atoms with Crippen molar-refractivity contribution in [1.82, 2.24) is 4.90 Å². The number of hydrogen-bond donors (Lipinski definition) is 1. The van der Waals surface area contributed by atoms with Crippen LogP contribution in [0.2, 0.25) is 0 Å². The normalized spacial score (nSPS) is 10.2. The maximum Gasteiger partial charge on any atom is 0.223 e. The van der Waals surface area contributed by atoms with Crippen molar-refractivity contribution in [3.8, 4) is 6.07 Å². The van der Waals surface area contributed by atoms with Crippen LogP contribution in [0.25, 0.3) is 0 Å². The molecule has 0 aliphatic rings. The summed E-state index contributed by atoms with van der Waals surface area (Å²) in [6, 6.07) is 9.79. The van der Waals surface area contributed by atoms with Crippen molar-refractivity contribution in [3.63, 3.8) is 0 Å². The molecule has 19 heavy (non-hydrogen) atoms. The topological polar surface area (TPSA) is 70.1 Å². The van der Waals surface area contributed by atoms with E-state index >= 15 is 0 Å². The average molecular weight is 259 g/mol. The Hall–Kier alpha value is -2.02. The number of carbonyl (C=O) groups is 1. The van der Waals surface area contributed by atoms with Gasteiger partial charge in [-0.2, -0.15) is 5.26 Å². The monoisotopic (exact) mass is 259 g/mol. The summed E-state index contributed by atoms with van der Waals surface area (Å²) in [5.74, 6) is 0.0904. The van der Waals surface area contributed by atoms with Crippen molar-refractivity contribution in [2.24, 2.45) is 0 Å². The highest BCUT2D eigenvalue weighted by Gasteiger charge is 2.16. The number of anilines is 1. The second-order valence-corrected chi connectivity index (χ2v) is 4.83. The molecule has 1 aromatic carbocycles. The number of nitriles is 1. The largest absolute Gasteiger partial charge is 0.399 e. The first-order chi connectivity index (χ1) is 9.04. The number of carbonyl (C=O) groups excluding carboxylic acids is 1. The minimum absolute atomic E-state index is 0.0904. The molecule has 4 nitrogen and oxygen atoms in total. The number of aryl methyl sites for hydroxylation is 1. The highest BCUT2D eigenvalue weighted by molar-refractivity contribution is 5.76. The minimum atomic E-state index is 0.0904. The van der Waals surface area contributed by atoms with Crippen molar-refractivity contribution < 1.29 is 4.79 Å². The van der Waals surface area contributed by atoms with Crippen LogP contribution in [0.3, 0.4) is 0 Å². The first-order valence-corrected chi connectivity index (χ1v) is 6.55. The summed E-state index contributed by atoms with van der Waals surface area (Å²) >= 11 is 0. The van der Waals surface area contributed by atoms with Crippen LogP contribution in [-0.4, -0.2) is 23.4 Å². The zero-order valence-electron chi connectivity index (χ0n) is 11.6. The maximum atomic E-state index is 12.1. The fourth-order valence-electron chi connectivity index (χ4n) is 1.98. The van der Waals surface area contributed by atoms with Crippen LogP contribution < -0.4 is 5.73 Å². The molecule has 2 N–H and O–H groups in total. The number of amides is 1. The third-order valence-corrected chi connectivity index (χ3v) is 2.99. The molecule has 4 heteroatoms. The van der Waals surface area contributed by atoms with Gasteiger partial charge in [-0.05, 0) is 38.0 Å². The molecule has 1 aromatic rings. The molecule has 1 rings (SSSR count). The lowest BCUT2D eigenvalue weighted by molar-refractivity contribution is -0.132. The Bertz CT molecular complexity index is 463. The maximum absolute atomic E-state index is 12.1. The van der Waals surface area contributed by atoms with Gasteiger partial charge >= 0.3 is 0 Å². The van der Waals surface area contributed by atoms with Gasteiger partial charge in [0, 0.05) is 24.7 Å². The molecule has 102 valence electrons. The van der Waals surface area contributed by atoms with Gasteiger partial charge in [0.15, 0.2) is 0 Å². The number of benzene rings is 1. The molecule has 0 unspecified atom stereocenters. The Morgan fingerprint density at radius 3 is 2.79 bits per heavy atom. The molecule has 0 aromatic heterocycles. The Morgan fingerprint density at radius 1 is 1.47 bits per heavy atom. The number of rotatable bonds is 6. The second-order valence-electron chi connectivity index (χ2n) is 4.83. The fraction of sp³-hybridized carbons (Fsp3) is 0.467. The van der Waals surface area contributed by atoms with Crippen LogP contribution in [-0.2, 0) is 11.2 Å². The molecule has 1 amide bonds. The summed E-state index contributed by atoms with van der Waals surface area (Å²) in [6.07, 6.45) is 1.51. The van der Waals surface area contributed by atoms with Gasteiger partial charge in [0.1, 0.15) is 0 Å². The van der Waals surface area contributed by atoms with E-state index in [0.29, 0.717) is 25.8 Å². The van der Waals surface area contributed by atoms with Crippen LogP contribution in [0.15, 0.2) is 24.3 Å². The van der Waals surface area contributed by atoms with Gasteiger partial charge in [-0.25, -0.2) is 0 Å². The van der Waals surface area contributed by atoms with E-state index in [9.17, 15) is 4.79 Å². The summed E-state index contributed by atoms with van der Waals surface area (Å²) < 4.78 is 0. The second kappa shape index (κ2) is 7.42. The van der Waals surface area contributed by atoms with E-state index in [4.69, 9.17) is 11.0 Å². The minimum Gasteiger partial charge on any atom is -0.399 e. The third-order valence-electron chi connectivity index (χ3n) is 2.99. The van der Waals surface area contributed by atoms with E-state index < -0.39 is 0 Å². The summed E-state index contributed by atoms with van der Waals surface area (Å²) in [5.41, 5.74) is 7.49. The van der Waals surface area contributed by atoms with Crippen molar-refractivity contribution in [3.05, 3.63) is 29.8 Å². The van der Waals surface area contributed by atoms with Gasteiger partial charge in [-0.1, -0.05) is 12.1 Å². The lowest BCUT2D eigenvalue weighted by atomic mass is 10.1. The van der Waals surface area contributed by atoms with Gasteiger partial charge in [0.25, 0.3) is 0 Å². The van der Waals surface area contributed by atoms with Crippen LogP contribution in [0.1, 0.15) is 32.3 Å². The standard InChI is InChI=1S/C15H21N3O/c1-12(2)18(10-4-9-16)15(19)8-7-13-5-3-6-14(17)11-13/h3,5-6,11-12H,4,7-8,10,17H2,1-2H3. The number of nitrogen functional groups attached to an aromatic ring is 1. The van der Waals surface area contributed by atoms with Gasteiger partial charge in [-0.15, -0.1) is 0 Å². The SMILES string of the molecule is CC(C)N(CCC#N)C(=O)CCc1cccc(N)c1. The third kappa shape index (κ3) is 5.01. The van der Waals surface area contributed by atoms with Crippen LogP contribution in [0.5, 0.6) is 0 Å². The lowest BCUT2D eigenvalue weighted by Gasteiger charge is -2.25. The summed E-state index contributed by atoms with van der Waals surface area (Å²) in [4.78, 5) is 13.9. The molecule has 0 aliphatic heterocycles. The molecule has 0 heterocycles. The first kappa shape index (κ1) is 15.0. The van der Waals surface area contributed by atoms with Crippen molar-refractivity contribution in [2.45, 2.75) is 39.2 Å². The number of nitrogens with zero attached hydrogens (tertiary/aromatic N) is 2. The van der Waals surface area contributed by atoms with Gasteiger partial charge in [0.2, 0.25) is 5.91 Å². The van der Waals surface area contributed by atoms with Gasteiger partial charge in [0.05, 0.1) is 12.5 Å². The molecular weight excluding hydrogens is 238 g/mol. The van der Waals surface area contributed by atoms with E-state index in [-0.39, 0.29) is 11.9 Å². The molecule has 0 spiro atoms. The average Bonchev–Trinajstić information content (AvgIpc) is 2.36. The fourth-order valence-corrected chi connectivity index (χ4v) is 1.98. The summed E-state index contributed by atoms with van der Waals surface area (Å²) in [5, 5.41) is 8.62. The van der Waals surface area contributed by atoms with Crippen LogP contribution >= 0.6 is 0 Å². The number of nitrogens with two attached hydrogens (primary N) is 1. The molecule has 0 aliphatic carbocycles. The Kier molecular flexibility index (Phi) is 5.87. The van der Waals surface area contributed by atoms with Gasteiger partial charge < -0.3 is 10.6 Å². The van der Waals surface area contributed by atoms with E-state index in [1.807, 2.05) is 38.1 Å². The molecule has 0 bridgehead atoms. The molecule has 0 saturated carbocycles. The zero-order chi connectivity index (χ0) is 14.3. The highest BCUT2D eigenvalue weighted by Crippen LogP contribution is 2.11.